The average Bonchev–Trinajstić information content (AvgIpc) is 2.98. The van der Waals surface area contributed by atoms with Crippen molar-refractivity contribution < 1.29 is 9.84 Å². The van der Waals surface area contributed by atoms with Crippen molar-refractivity contribution in [3.8, 4) is 11.8 Å². The molecule has 0 aliphatic carbocycles. The Morgan fingerprint density at radius 1 is 1.17 bits per heavy atom. The van der Waals surface area contributed by atoms with Crippen LogP contribution < -0.4 is 4.74 Å². The molecule has 1 aliphatic heterocycles. The van der Waals surface area contributed by atoms with E-state index in [1.54, 1.807) is 6.07 Å². The molecular formula is C19H20N2O2. The zero-order valence-corrected chi connectivity index (χ0v) is 13.0. The molecule has 1 fully saturated rings. The number of nitriles is 1. The zero-order chi connectivity index (χ0) is 16.1. The first-order valence-corrected chi connectivity index (χ1v) is 7.84. The van der Waals surface area contributed by atoms with Crippen molar-refractivity contribution in [1.29, 1.82) is 5.26 Å². The van der Waals surface area contributed by atoms with E-state index in [1.807, 2.05) is 36.4 Å². The molecule has 0 spiro atoms. The fraction of sp³-hybridized carbons (Fsp3) is 0.316. The second-order valence-corrected chi connectivity index (χ2v) is 5.93. The number of nitrogens with zero attached hydrogens (tertiary/aromatic N) is 2. The first-order chi connectivity index (χ1) is 11.2. The SMILES string of the molecule is N#Cc1cccc(COc2cccc(CN3CC[C@@H](O)C3)c2)c1. The molecule has 0 aromatic heterocycles. The molecule has 1 saturated heterocycles. The number of hydrogen-bond acceptors (Lipinski definition) is 4. The van der Waals surface area contributed by atoms with Gasteiger partial charge in [0.25, 0.3) is 0 Å². The number of hydrogen-bond donors (Lipinski definition) is 1. The smallest absolute Gasteiger partial charge is 0.120 e. The Kier molecular flexibility index (Phi) is 4.92. The lowest BCUT2D eigenvalue weighted by molar-refractivity contribution is 0.174. The highest BCUT2D eigenvalue weighted by Crippen LogP contribution is 2.19. The highest BCUT2D eigenvalue weighted by molar-refractivity contribution is 5.33. The number of aliphatic hydroxyl groups is 1. The van der Waals surface area contributed by atoms with E-state index in [0.29, 0.717) is 12.2 Å². The van der Waals surface area contributed by atoms with Crippen molar-refractivity contribution >= 4 is 0 Å². The van der Waals surface area contributed by atoms with Crippen LogP contribution in [0.15, 0.2) is 48.5 Å². The molecule has 1 heterocycles. The average molecular weight is 308 g/mol. The van der Waals surface area contributed by atoms with Crippen molar-refractivity contribution in [3.63, 3.8) is 0 Å². The van der Waals surface area contributed by atoms with E-state index in [0.717, 1.165) is 37.4 Å². The van der Waals surface area contributed by atoms with Crippen LogP contribution in [0.5, 0.6) is 5.75 Å². The van der Waals surface area contributed by atoms with Crippen LogP contribution in [0.3, 0.4) is 0 Å². The molecule has 4 heteroatoms. The summed E-state index contributed by atoms with van der Waals surface area (Å²) in [5.74, 6) is 0.824. The van der Waals surface area contributed by atoms with Crippen LogP contribution in [0.25, 0.3) is 0 Å². The van der Waals surface area contributed by atoms with Gasteiger partial charge in [0.15, 0.2) is 0 Å². The molecule has 4 nitrogen and oxygen atoms in total. The summed E-state index contributed by atoms with van der Waals surface area (Å²) in [6, 6.07) is 17.6. The van der Waals surface area contributed by atoms with Crippen LogP contribution in [-0.2, 0) is 13.2 Å². The standard InChI is InChI=1S/C19H20N2O2/c20-11-15-3-1-5-17(9-15)14-23-19-6-2-4-16(10-19)12-21-8-7-18(22)13-21/h1-6,9-10,18,22H,7-8,12-14H2/t18-/m1/s1. The summed E-state index contributed by atoms with van der Waals surface area (Å²) < 4.78 is 5.84. The Morgan fingerprint density at radius 2 is 2.00 bits per heavy atom. The molecule has 1 atom stereocenters. The summed E-state index contributed by atoms with van der Waals surface area (Å²) in [6.07, 6.45) is 0.660. The van der Waals surface area contributed by atoms with E-state index in [4.69, 9.17) is 10.00 Å². The lowest BCUT2D eigenvalue weighted by Gasteiger charge is -2.15. The molecule has 0 amide bonds. The quantitative estimate of drug-likeness (QED) is 0.922. The van der Waals surface area contributed by atoms with Crippen molar-refractivity contribution in [2.45, 2.75) is 25.7 Å². The van der Waals surface area contributed by atoms with Gasteiger partial charge >= 0.3 is 0 Å². The van der Waals surface area contributed by atoms with Crippen LogP contribution in [0, 0.1) is 11.3 Å². The summed E-state index contributed by atoms with van der Waals surface area (Å²) in [6.45, 7) is 2.96. The van der Waals surface area contributed by atoms with Gasteiger partial charge in [-0.2, -0.15) is 5.26 Å². The number of ether oxygens (including phenoxy) is 1. The molecule has 118 valence electrons. The third-order valence-corrected chi connectivity index (χ3v) is 4.01. The van der Waals surface area contributed by atoms with Gasteiger partial charge in [0.2, 0.25) is 0 Å². The maximum absolute atomic E-state index is 9.60. The van der Waals surface area contributed by atoms with Gasteiger partial charge in [0.1, 0.15) is 12.4 Å². The van der Waals surface area contributed by atoms with Crippen LogP contribution >= 0.6 is 0 Å². The Labute approximate surface area is 136 Å². The Hall–Kier alpha value is -2.35. The lowest BCUT2D eigenvalue weighted by atomic mass is 10.1. The van der Waals surface area contributed by atoms with Crippen molar-refractivity contribution in [1.82, 2.24) is 4.90 Å². The normalized spacial score (nSPS) is 17.8. The number of β-amino-alcohol motifs (C(OH)–C–C–N with tert-alkyl or cyclic N) is 1. The minimum atomic E-state index is -0.193. The van der Waals surface area contributed by atoms with Crippen LogP contribution in [0.4, 0.5) is 0 Å². The molecule has 2 aromatic carbocycles. The summed E-state index contributed by atoms with van der Waals surface area (Å²) in [5.41, 5.74) is 2.81. The second kappa shape index (κ2) is 7.28. The van der Waals surface area contributed by atoms with Gasteiger partial charge in [0.05, 0.1) is 17.7 Å². The molecule has 0 radical (unpaired) electrons. The maximum Gasteiger partial charge on any atom is 0.120 e. The third-order valence-electron chi connectivity index (χ3n) is 4.01. The number of benzene rings is 2. The predicted octanol–water partition coefficient (Wildman–Crippen LogP) is 2.70. The predicted molar refractivity (Wildman–Crippen MR) is 87.8 cm³/mol. The zero-order valence-electron chi connectivity index (χ0n) is 13.0. The van der Waals surface area contributed by atoms with E-state index < -0.39 is 0 Å². The number of rotatable bonds is 5. The fourth-order valence-electron chi connectivity index (χ4n) is 2.84. The largest absolute Gasteiger partial charge is 0.489 e. The summed E-state index contributed by atoms with van der Waals surface area (Å²) in [5, 5.41) is 18.5. The van der Waals surface area contributed by atoms with E-state index in [2.05, 4.69) is 17.0 Å². The highest BCUT2D eigenvalue weighted by Gasteiger charge is 2.19. The minimum Gasteiger partial charge on any atom is -0.489 e. The molecule has 23 heavy (non-hydrogen) atoms. The van der Waals surface area contributed by atoms with Crippen LogP contribution in [0.1, 0.15) is 23.1 Å². The van der Waals surface area contributed by atoms with Gasteiger partial charge in [-0.3, -0.25) is 4.90 Å². The molecule has 1 aliphatic rings. The summed E-state index contributed by atoms with van der Waals surface area (Å²) in [7, 11) is 0. The molecule has 0 bridgehead atoms. The topological polar surface area (TPSA) is 56.5 Å². The number of aliphatic hydroxyl groups excluding tert-OH is 1. The van der Waals surface area contributed by atoms with Crippen LogP contribution in [0.2, 0.25) is 0 Å². The van der Waals surface area contributed by atoms with Crippen LogP contribution in [-0.4, -0.2) is 29.2 Å². The van der Waals surface area contributed by atoms with E-state index in [9.17, 15) is 5.11 Å². The highest BCUT2D eigenvalue weighted by atomic mass is 16.5. The fourth-order valence-corrected chi connectivity index (χ4v) is 2.84. The summed E-state index contributed by atoms with van der Waals surface area (Å²) in [4.78, 5) is 2.25. The van der Waals surface area contributed by atoms with Crippen molar-refractivity contribution in [2.75, 3.05) is 13.1 Å². The molecule has 3 rings (SSSR count). The number of likely N-dealkylation sites (tertiary alicyclic amines) is 1. The maximum atomic E-state index is 9.60. The first-order valence-electron chi connectivity index (χ1n) is 7.84. The van der Waals surface area contributed by atoms with Gasteiger partial charge in [-0.05, 0) is 41.8 Å². The molecule has 0 saturated carbocycles. The molecule has 0 unspecified atom stereocenters. The van der Waals surface area contributed by atoms with Gasteiger partial charge in [-0.25, -0.2) is 0 Å². The Balaban J connectivity index is 1.60. The van der Waals surface area contributed by atoms with Gasteiger partial charge < -0.3 is 9.84 Å². The monoisotopic (exact) mass is 308 g/mol. The Bertz CT molecular complexity index is 709. The second-order valence-electron chi connectivity index (χ2n) is 5.93. The first kappa shape index (κ1) is 15.5. The summed E-state index contributed by atoms with van der Waals surface area (Å²) >= 11 is 0. The van der Waals surface area contributed by atoms with Gasteiger partial charge in [-0.15, -0.1) is 0 Å². The minimum absolute atomic E-state index is 0.193. The van der Waals surface area contributed by atoms with E-state index in [1.165, 1.54) is 5.56 Å². The van der Waals surface area contributed by atoms with E-state index >= 15 is 0 Å². The third kappa shape index (κ3) is 4.32. The van der Waals surface area contributed by atoms with E-state index in [-0.39, 0.29) is 6.10 Å². The molecule has 1 N–H and O–H groups in total. The van der Waals surface area contributed by atoms with Gasteiger partial charge in [0, 0.05) is 19.6 Å². The van der Waals surface area contributed by atoms with Crippen molar-refractivity contribution in [3.05, 3.63) is 65.2 Å². The Morgan fingerprint density at radius 3 is 2.78 bits per heavy atom. The molecular weight excluding hydrogens is 288 g/mol. The van der Waals surface area contributed by atoms with Gasteiger partial charge in [-0.1, -0.05) is 24.3 Å². The lowest BCUT2D eigenvalue weighted by Crippen LogP contribution is -2.21. The molecule has 2 aromatic rings. The van der Waals surface area contributed by atoms with Crippen molar-refractivity contribution in [2.24, 2.45) is 0 Å².